The monoisotopic (exact) mass is 401 g/mol. The topological polar surface area (TPSA) is 65.4 Å². The Morgan fingerprint density at radius 2 is 1.93 bits per heavy atom. The zero-order valence-corrected chi connectivity index (χ0v) is 16.4. The third kappa shape index (κ3) is 2.99. The Kier molecular flexibility index (Phi) is 4.50. The zero-order valence-electron chi connectivity index (χ0n) is 15.6. The Morgan fingerprint density at radius 1 is 1.21 bits per heavy atom. The summed E-state index contributed by atoms with van der Waals surface area (Å²) in [7, 11) is -3.98. The highest BCUT2D eigenvalue weighted by atomic mass is 32.2. The van der Waals surface area contributed by atoms with Gasteiger partial charge in [-0.15, -0.1) is 0 Å². The third-order valence-electron chi connectivity index (χ3n) is 5.13. The lowest BCUT2D eigenvalue weighted by Crippen LogP contribution is -2.12. The summed E-state index contributed by atoms with van der Waals surface area (Å²) >= 11 is 0. The van der Waals surface area contributed by atoms with Gasteiger partial charge < -0.3 is 4.74 Å². The number of carbonyl (C=O) groups excluding carboxylic acids is 1. The number of ether oxygens (including phenoxy) is 1. The molecule has 1 heterocycles. The molecule has 0 spiro atoms. The Morgan fingerprint density at radius 3 is 2.61 bits per heavy atom. The van der Waals surface area contributed by atoms with Gasteiger partial charge in [-0.1, -0.05) is 29.8 Å². The van der Waals surface area contributed by atoms with Crippen molar-refractivity contribution in [2.24, 2.45) is 5.92 Å². The van der Waals surface area contributed by atoms with Gasteiger partial charge in [0.25, 0.3) is 10.0 Å². The SMILES string of the molecule is CCOC(=O)C1CC1c1cn(S(=O)(=O)c2ccc(C)cc2)c2c(F)cccc12. The Labute approximate surface area is 162 Å². The van der Waals surface area contributed by atoms with Crippen molar-refractivity contribution in [1.82, 2.24) is 3.97 Å². The normalized spacial score (nSPS) is 19.0. The predicted octanol–water partition coefficient (Wildman–Crippen LogP) is 3.99. The maximum atomic E-state index is 14.7. The molecule has 28 heavy (non-hydrogen) atoms. The second-order valence-corrected chi connectivity index (χ2v) is 8.85. The number of aromatic nitrogens is 1. The number of halogens is 1. The second kappa shape index (κ2) is 6.74. The van der Waals surface area contributed by atoms with Gasteiger partial charge in [0.2, 0.25) is 0 Å². The first-order valence-electron chi connectivity index (χ1n) is 9.13. The standard InChI is InChI=1S/C21H20FNO4S/c1-3-27-21(24)17-11-16(17)18-12-23(20-15(18)5-4-6-19(20)22)28(25,26)14-9-7-13(2)8-10-14/h4-10,12,16-17H,3,11H2,1-2H3. The highest BCUT2D eigenvalue weighted by molar-refractivity contribution is 7.90. The molecule has 1 aromatic heterocycles. The van der Waals surface area contributed by atoms with Crippen LogP contribution in [-0.4, -0.2) is 25.0 Å². The molecule has 4 rings (SSSR count). The van der Waals surface area contributed by atoms with Crippen LogP contribution in [-0.2, 0) is 19.6 Å². The minimum absolute atomic E-state index is 0.00702. The van der Waals surface area contributed by atoms with Crippen LogP contribution < -0.4 is 0 Å². The Bertz CT molecular complexity index is 1170. The first-order valence-corrected chi connectivity index (χ1v) is 10.6. The molecule has 1 aliphatic carbocycles. The number of rotatable bonds is 5. The fraction of sp³-hybridized carbons (Fsp3) is 0.286. The average Bonchev–Trinajstić information content (AvgIpc) is 3.35. The number of hydrogen-bond acceptors (Lipinski definition) is 4. The summed E-state index contributed by atoms with van der Waals surface area (Å²) in [6.45, 7) is 3.90. The number of carbonyl (C=O) groups is 1. The summed E-state index contributed by atoms with van der Waals surface area (Å²) < 4.78 is 47.1. The minimum atomic E-state index is -3.98. The molecule has 146 valence electrons. The maximum Gasteiger partial charge on any atom is 0.309 e. The van der Waals surface area contributed by atoms with Gasteiger partial charge in [0.15, 0.2) is 0 Å². The Balaban J connectivity index is 1.84. The molecular formula is C21H20FNO4S. The van der Waals surface area contributed by atoms with Crippen molar-refractivity contribution in [2.75, 3.05) is 6.61 Å². The Hall–Kier alpha value is -2.67. The van der Waals surface area contributed by atoms with Gasteiger partial charge in [0.1, 0.15) is 5.82 Å². The van der Waals surface area contributed by atoms with E-state index in [0.717, 1.165) is 9.54 Å². The van der Waals surface area contributed by atoms with Crippen molar-refractivity contribution in [3.8, 4) is 0 Å². The largest absolute Gasteiger partial charge is 0.466 e. The van der Waals surface area contributed by atoms with E-state index in [0.29, 0.717) is 24.0 Å². The number of para-hydroxylation sites is 1. The molecule has 2 unspecified atom stereocenters. The number of hydrogen-bond donors (Lipinski definition) is 0. The molecule has 0 radical (unpaired) electrons. The van der Waals surface area contributed by atoms with Gasteiger partial charge in [0, 0.05) is 17.5 Å². The molecule has 0 aliphatic heterocycles. The van der Waals surface area contributed by atoms with Crippen LogP contribution in [0.15, 0.2) is 53.6 Å². The highest BCUT2D eigenvalue weighted by Crippen LogP contribution is 2.51. The first kappa shape index (κ1) is 18.7. The smallest absolute Gasteiger partial charge is 0.309 e. The van der Waals surface area contributed by atoms with E-state index < -0.39 is 15.8 Å². The lowest BCUT2D eigenvalue weighted by atomic mass is 10.1. The molecule has 7 heteroatoms. The van der Waals surface area contributed by atoms with E-state index in [1.54, 1.807) is 31.2 Å². The van der Waals surface area contributed by atoms with E-state index >= 15 is 0 Å². The number of esters is 1. The summed E-state index contributed by atoms with van der Waals surface area (Å²) in [6.07, 6.45) is 2.02. The van der Waals surface area contributed by atoms with E-state index in [1.807, 2.05) is 6.92 Å². The van der Waals surface area contributed by atoms with Crippen molar-refractivity contribution in [3.05, 3.63) is 65.6 Å². The predicted molar refractivity (Wildman–Crippen MR) is 103 cm³/mol. The number of fused-ring (bicyclic) bond motifs is 1. The fourth-order valence-corrected chi connectivity index (χ4v) is 4.98. The zero-order chi connectivity index (χ0) is 20.1. The van der Waals surface area contributed by atoms with Gasteiger partial charge in [-0.2, -0.15) is 0 Å². The van der Waals surface area contributed by atoms with Crippen LogP contribution in [0.1, 0.15) is 30.4 Å². The van der Waals surface area contributed by atoms with Crippen LogP contribution in [0, 0.1) is 18.7 Å². The molecule has 1 fully saturated rings. The van der Waals surface area contributed by atoms with Gasteiger partial charge in [-0.05, 0) is 44.0 Å². The van der Waals surface area contributed by atoms with Gasteiger partial charge in [0.05, 0.1) is 22.9 Å². The molecule has 0 saturated heterocycles. The van der Waals surface area contributed by atoms with Crippen molar-refractivity contribution >= 4 is 26.9 Å². The van der Waals surface area contributed by atoms with E-state index in [4.69, 9.17) is 4.74 Å². The lowest BCUT2D eigenvalue weighted by Gasteiger charge is -2.08. The quantitative estimate of drug-likeness (QED) is 0.607. The summed E-state index contributed by atoms with van der Waals surface area (Å²) in [5, 5.41) is 0.507. The van der Waals surface area contributed by atoms with Crippen molar-refractivity contribution < 1.29 is 22.3 Å². The maximum absolute atomic E-state index is 14.7. The van der Waals surface area contributed by atoms with E-state index in [1.165, 1.54) is 24.4 Å². The second-order valence-electron chi connectivity index (χ2n) is 7.04. The summed E-state index contributed by atoms with van der Waals surface area (Å²) in [4.78, 5) is 12.1. The molecule has 0 bridgehead atoms. The molecule has 5 nitrogen and oxygen atoms in total. The molecule has 0 amide bonds. The van der Waals surface area contributed by atoms with Crippen LogP contribution in [0.4, 0.5) is 4.39 Å². The van der Waals surface area contributed by atoms with E-state index in [9.17, 15) is 17.6 Å². The van der Waals surface area contributed by atoms with Crippen LogP contribution in [0.2, 0.25) is 0 Å². The summed E-state index contributed by atoms with van der Waals surface area (Å²) in [5.74, 6) is -1.40. The highest BCUT2D eigenvalue weighted by Gasteiger charge is 2.47. The molecule has 1 aliphatic rings. The van der Waals surface area contributed by atoms with Crippen LogP contribution >= 0.6 is 0 Å². The number of benzene rings is 2. The van der Waals surface area contributed by atoms with Crippen molar-refractivity contribution in [3.63, 3.8) is 0 Å². The van der Waals surface area contributed by atoms with Crippen LogP contribution in [0.25, 0.3) is 10.9 Å². The minimum Gasteiger partial charge on any atom is -0.466 e. The van der Waals surface area contributed by atoms with Crippen LogP contribution in [0.5, 0.6) is 0 Å². The van der Waals surface area contributed by atoms with Gasteiger partial charge >= 0.3 is 5.97 Å². The number of nitrogens with zero attached hydrogens (tertiary/aromatic N) is 1. The average molecular weight is 401 g/mol. The summed E-state index contributed by atoms with van der Waals surface area (Å²) in [5.41, 5.74) is 1.59. The molecule has 1 saturated carbocycles. The molecule has 2 aromatic carbocycles. The van der Waals surface area contributed by atoms with Crippen molar-refractivity contribution in [1.29, 1.82) is 0 Å². The van der Waals surface area contributed by atoms with Gasteiger partial charge in [-0.25, -0.2) is 16.8 Å². The summed E-state index contributed by atoms with van der Waals surface area (Å²) in [6, 6.07) is 10.9. The van der Waals surface area contributed by atoms with E-state index in [-0.39, 0.29) is 28.2 Å². The fourth-order valence-electron chi connectivity index (χ4n) is 3.59. The first-order chi connectivity index (χ1) is 13.3. The van der Waals surface area contributed by atoms with Crippen LogP contribution in [0.3, 0.4) is 0 Å². The lowest BCUT2D eigenvalue weighted by molar-refractivity contribution is -0.144. The van der Waals surface area contributed by atoms with Gasteiger partial charge in [-0.3, -0.25) is 4.79 Å². The molecule has 2 atom stereocenters. The van der Waals surface area contributed by atoms with Crippen molar-refractivity contribution in [2.45, 2.75) is 31.1 Å². The third-order valence-corrected chi connectivity index (χ3v) is 6.81. The van der Waals surface area contributed by atoms with E-state index in [2.05, 4.69) is 0 Å². The molecular weight excluding hydrogens is 381 g/mol. The number of aryl methyl sites for hydroxylation is 1. The molecule has 0 N–H and O–H groups in total. The molecule has 3 aromatic rings.